The number of hydrogen-bond donors (Lipinski definition) is 0. The summed E-state index contributed by atoms with van der Waals surface area (Å²) in [4.78, 5) is 12.4. The average molecular weight is 325 g/mol. The molecule has 2 aromatic rings. The van der Waals surface area contributed by atoms with E-state index in [1.165, 1.54) is 17.1 Å². The lowest BCUT2D eigenvalue weighted by atomic mass is 10.1. The number of thioether (sulfide) groups is 1. The van der Waals surface area contributed by atoms with Gasteiger partial charge in [-0.25, -0.2) is 0 Å². The summed E-state index contributed by atoms with van der Waals surface area (Å²) in [5.74, 6) is 0.160. The number of rotatable bonds is 4. The zero-order valence-corrected chi connectivity index (χ0v) is 12.4. The molecule has 0 bridgehead atoms. The Hall–Kier alpha value is -1.00. The highest BCUT2D eigenvalue weighted by Crippen LogP contribution is 2.33. The second-order valence-corrected chi connectivity index (χ2v) is 5.50. The monoisotopic (exact) mass is 324 g/mol. The van der Waals surface area contributed by atoms with Gasteiger partial charge in [0.2, 0.25) is 0 Å². The van der Waals surface area contributed by atoms with Gasteiger partial charge in [0.25, 0.3) is 0 Å². The molecule has 0 saturated heterocycles. The van der Waals surface area contributed by atoms with Gasteiger partial charge in [0.15, 0.2) is 0 Å². The van der Waals surface area contributed by atoms with Crippen molar-refractivity contribution in [2.75, 3.05) is 12.4 Å². The van der Waals surface area contributed by atoms with E-state index in [1.807, 2.05) is 25.1 Å². The highest BCUT2D eigenvalue weighted by atomic mass is 79.9. The lowest BCUT2D eigenvalue weighted by molar-refractivity contribution is -0.139. The molecule has 94 valence electrons. The fourth-order valence-electron chi connectivity index (χ4n) is 1.66. The summed E-state index contributed by atoms with van der Waals surface area (Å²) < 4.78 is 5.95. The third kappa shape index (κ3) is 3.06. The molecule has 0 radical (unpaired) electrons. The maximum Gasteiger partial charge on any atom is 0.316 e. The molecule has 0 atom stereocenters. The van der Waals surface area contributed by atoms with Crippen molar-refractivity contribution in [1.82, 2.24) is 0 Å². The molecule has 2 aromatic carbocycles. The summed E-state index contributed by atoms with van der Waals surface area (Å²) in [7, 11) is 0. The molecule has 0 amide bonds. The summed E-state index contributed by atoms with van der Waals surface area (Å²) in [6.45, 7) is 2.24. The SMILES string of the molecule is CCOC(=O)CSc1ccc2ccccc2c1Br. The van der Waals surface area contributed by atoms with Crippen molar-refractivity contribution in [2.24, 2.45) is 0 Å². The Balaban J connectivity index is 2.19. The van der Waals surface area contributed by atoms with E-state index in [2.05, 4.69) is 34.1 Å². The van der Waals surface area contributed by atoms with Crippen molar-refractivity contribution in [3.8, 4) is 0 Å². The quantitative estimate of drug-likeness (QED) is 0.621. The summed E-state index contributed by atoms with van der Waals surface area (Å²) in [6.07, 6.45) is 0. The van der Waals surface area contributed by atoms with Gasteiger partial charge in [-0.05, 0) is 39.7 Å². The number of fused-ring (bicyclic) bond motifs is 1. The first kappa shape index (κ1) is 13.4. The van der Waals surface area contributed by atoms with E-state index in [4.69, 9.17) is 4.74 Å². The minimum Gasteiger partial charge on any atom is -0.465 e. The highest BCUT2D eigenvalue weighted by Gasteiger charge is 2.08. The summed E-state index contributed by atoms with van der Waals surface area (Å²) in [5.41, 5.74) is 0. The minimum absolute atomic E-state index is 0.178. The zero-order chi connectivity index (χ0) is 13.0. The Labute approximate surface area is 119 Å². The highest BCUT2D eigenvalue weighted by molar-refractivity contribution is 9.10. The summed E-state index contributed by atoms with van der Waals surface area (Å²) in [6, 6.07) is 12.2. The van der Waals surface area contributed by atoms with Gasteiger partial charge in [-0.3, -0.25) is 4.79 Å². The van der Waals surface area contributed by atoms with Gasteiger partial charge in [-0.2, -0.15) is 0 Å². The van der Waals surface area contributed by atoms with E-state index in [9.17, 15) is 4.79 Å². The topological polar surface area (TPSA) is 26.3 Å². The first-order chi connectivity index (χ1) is 8.72. The molecule has 0 heterocycles. The second kappa shape index (κ2) is 6.25. The van der Waals surface area contributed by atoms with E-state index in [-0.39, 0.29) is 5.97 Å². The van der Waals surface area contributed by atoms with Crippen molar-refractivity contribution in [3.63, 3.8) is 0 Å². The van der Waals surface area contributed by atoms with Gasteiger partial charge in [0, 0.05) is 9.37 Å². The molecular formula is C14H13BrO2S. The predicted molar refractivity (Wildman–Crippen MR) is 79.0 cm³/mol. The smallest absolute Gasteiger partial charge is 0.316 e. The Morgan fingerprint density at radius 2 is 2.06 bits per heavy atom. The number of carbonyl (C=O) groups excluding carboxylic acids is 1. The maximum absolute atomic E-state index is 11.3. The van der Waals surface area contributed by atoms with Gasteiger partial charge in [-0.15, -0.1) is 11.8 Å². The summed E-state index contributed by atoms with van der Waals surface area (Å²) in [5, 5.41) is 2.34. The first-order valence-corrected chi connectivity index (χ1v) is 7.46. The third-order valence-corrected chi connectivity index (χ3v) is 4.63. The first-order valence-electron chi connectivity index (χ1n) is 5.68. The van der Waals surface area contributed by atoms with E-state index in [0.717, 1.165) is 14.8 Å². The molecule has 18 heavy (non-hydrogen) atoms. The van der Waals surface area contributed by atoms with Crippen LogP contribution in [0, 0.1) is 0 Å². The van der Waals surface area contributed by atoms with Crippen LogP contribution in [0.3, 0.4) is 0 Å². The number of halogens is 1. The average Bonchev–Trinajstić information content (AvgIpc) is 2.39. The number of hydrogen-bond acceptors (Lipinski definition) is 3. The van der Waals surface area contributed by atoms with Crippen molar-refractivity contribution in [2.45, 2.75) is 11.8 Å². The Morgan fingerprint density at radius 1 is 1.28 bits per heavy atom. The number of ether oxygens (including phenoxy) is 1. The van der Waals surface area contributed by atoms with Crippen LogP contribution in [0.15, 0.2) is 45.8 Å². The lowest BCUT2D eigenvalue weighted by Gasteiger charge is -2.07. The van der Waals surface area contributed by atoms with Crippen LogP contribution < -0.4 is 0 Å². The molecule has 0 aliphatic carbocycles. The van der Waals surface area contributed by atoms with Gasteiger partial charge >= 0.3 is 5.97 Å². The molecule has 2 rings (SSSR count). The molecule has 0 spiro atoms. The molecule has 2 nitrogen and oxygen atoms in total. The van der Waals surface area contributed by atoms with Crippen LogP contribution in [-0.4, -0.2) is 18.3 Å². The molecule has 4 heteroatoms. The largest absolute Gasteiger partial charge is 0.465 e. The van der Waals surface area contributed by atoms with Crippen LogP contribution in [0.4, 0.5) is 0 Å². The van der Waals surface area contributed by atoms with Crippen LogP contribution >= 0.6 is 27.7 Å². The standard InChI is InChI=1S/C14H13BrO2S/c1-2-17-13(16)9-18-12-8-7-10-5-3-4-6-11(10)14(12)15/h3-8H,2,9H2,1H3. The van der Waals surface area contributed by atoms with Crippen LogP contribution in [-0.2, 0) is 9.53 Å². The minimum atomic E-state index is -0.178. The zero-order valence-electron chi connectivity index (χ0n) is 9.98. The van der Waals surface area contributed by atoms with Crippen LogP contribution in [0.25, 0.3) is 10.8 Å². The number of benzene rings is 2. The third-order valence-electron chi connectivity index (χ3n) is 2.48. The lowest BCUT2D eigenvalue weighted by Crippen LogP contribution is -2.06. The summed E-state index contributed by atoms with van der Waals surface area (Å²) >= 11 is 5.09. The van der Waals surface area contributed by atoms with Gasteiger partial charge in [-0.1, -0.05) is 30.3 Å². The van der Waals surface area contributed by atoms with Crippen molar-refractivity contribution in [3.05, 3.63) is 40.9 Å². The van der Waals surface area contributed by atoms with Crippen molar-refractivity contribution < 1.29 is 9.53 Å². The van der Waals surface area contributed by atoms with Gasteiger partial charge < -0.3 is 4.74 Å². The van der Waals surface area contributed by atoms with Crippen LogP contribution in [0.2, 0.25) is 0 Å². The van der Waals surface area contributed by atoms with Crippen molar-refractivity contribution in [1.29, 1.82) is 0 Å². The van der Waals surface area contributed by atoms with E-state index in [1.54, 1.807) is 0 Å². The normalized spacial score (nSPS) is 10.6. The molecule has 0 saturated carbocycles. The molecule has 0 N–H and O–H groups in total. The maximum atomic E-state index is 11.3. The molecule has 0 fully saturated rings. The Bertz CT molecular complexity index is 569. The van der Waals surface area contributed by atoms with Crippen LogP contribution in [0.5, 0.6) is 0 Å². The van der Waals surface area contributed by atoms with E-state index < -0.39 is 0 Å². The van der Waals surface area contributed by atoms with E-state index in [0.29, 0.717) is 12.4 Å². The Morgan fingerprint density at radius 3 is 2.83 bits per heavy atom. The number of esters is 1. The molecule has 0 aromatic heterocycles. The Kier molecular flexibility index (Phi) is 4.66. The van der Waals surface area contributed by atoms with Gasteiger partial charge in [0.1, 0.15) is 0 Å². The fourth-order valence-corrected chi connectivity index (χ4v) is 3.26. The second-order valence-electron chi connectivity index (χ2n) is 3.69. The van der Waals surface area contributed by atoms with Gasteiger partial charge in [0.05, 0.1) is 12.4 Å². The van der Waals surface area contributed by atoms with E-state index >= 15 is 0 Å². The molecule has 0 unspecified atom stereocenters. The molecule has 0 aliphatic rings. The van der Waals surface area contributed by atoms with Crippen LogP contribution in [0.1, 0.15) is 6.92 Å². The molecular weight excluding hydrogens is 312 g/mol. The predicted octanol–water partition coefficient (Wildman–Crippen LogP) is 4.26. The number of carbonyl (C=O) groups is 1. The fraction of sp³-hybridized carbons (Fsp3) is 0.214. The molecule has 0 aliphatic heterocycles. The van der Waals surface area contributed by atoms with Crippen molar-refractivity contribution >= 4 is 44.4 Å².